The van der Waals surface area contributed by atoms with Gasteiger partial charge in [-0.05, 0) is 53.5 Å². The Morgan fingerprint density at radius 3 is 0.842 bits per heavy atom. The summed E-state index contributed by atoms with van der Waals surface area (Å²) in [4.78, 5) is 2.95. The first-order chi connectivity index (χ1) is 18.3. The zero-order valence-corrected chi connectivity index (χ0v) is 28.2. The maximum Gasteiger partial charge on any atom is 0.0158 e. The zero-order valence-electron chi connectivity index (χ0n) is 28.2. The molecule has 0 saturated heterocycles. The van der Waals surface area contributed by atoms with Gasteiger partial charge in [0.2, 0.25) is 0 Å². The van der Waals surface area contributed by atoms with Crippen molar-refractivity contribution in [1.29, 1.82) is 0 Å². The first-order valence-corrected chi connectivity index (χ1v) is 18.1. The first-order valence-electron chi connectivity index (χ1n) is 18.1. The van der Waals surface area contributed by atoms with Gasteiger partial charge in [-0.3, -0.25) is 4.90 Å². The first kappa shape index (κ1) is 38.0. The summed E-state index contributed by atoms with van der Waals surface area (Å²) in [5.74, 6) is 0. The molecule has 0 fully saturated rings. The lowest BCUT2D eigenvalue weighted by atomic mass is 9.85. The average Bonchev–Trinajstić information content (AvgIpc) is 2.88. The van der Waals surface area contributed by atoms with Gasteiger partial charge in [0.05, 0.1) is 0 Å². The molecule has 0 N–H and O–H groups in total. The summed E-state index contributed by atoms with van der Waals surface area (Å²) in [7, 11) is 0. The predicted molar refractivity (Wildman–Crippen MR) is 177 cm³/mol. The van der Waals surface area contributed by atoms with E-state index >= 15 is 0 Å². The van der Waals surface area contributed by atoms with E-state index in [0.29, 0.717) is 11.1 Å². The second-order valence-electron chi connectivity index (χ2n) is 14.1. The van der Waals surface area contributed by atoms with Crippen LogP contribution in [-0.4, -0.2) is 22.5 Å². The van der Waals surface area contributed by atoms with Crippen molar-refractivity contribution in [3.63, 3.8) is 0 Å². The van der Waals surface area contributed by atoms with Crippen LogP contribution < -0.4 is 0 Å². The molecule has 0 spiro atoms. The van der Waals surface area contributed by atoms with Crippen molar-refractivity contribution < 1.29 is 0 Å². The van der Waals surface area contributed by atoms with Crippen molar-refractivity contribution >= 4 is 0 Å². The Hall–Kier alpha value is -0.0400. The maximum absolute atomic E-state index is 2.95. The van der Waals surface area contributed by atoms with Crippen LogP contribution >= 0.6 is 0 Å². The van der Waals surface area contributed by atoms with E-state index in [4.69, 9.17) is 0 Å². The van der Waals surface area contributed by atoms with Crippen LogP contribution in [0.25, 0.3) is 0 Å². The van der Waals surface area contributed by atoms with Crippen molar-refractivity contribution in [2.75, 3.05) is 6.54 Å². The van der Waals surface area contributed by atoms with Gasteiger partial charge in [0, 0.05) is 11.1 Å². The molecule has 0 aliphatic carbocycles. The molecule has 0 aromatic carbocycles. The molecule has 0 unspecified atom stereocenters. The van der Waals surface area contributed by atoms with Gasteiger partial charge in [-0.15, -0.1) is 0 Å². The average molecular weight is 536 g/mol. The SMILES string of the molecule is CCCCCCCCCCCCCCCN(C(C)(C)CCCCCCCC)C(C)(C)CCCCCCCC. The summed E-state index contributed by atoms with van der Waals surface area (Å²) < 4.78 is 0. The number of rotatable bonds is 30. The van der Waals surface area contributed by atoms with E-state index < -0.39 is 0 Å². The van der Waals surface area contributed by atoms with Crippen LogP contribution in [0.4, 0.5) is 0 Å². The standard InChI is InChI=1S/C37H77N/c1-8-11-14-17-20-21-22-23-24-25-26-29-32-35-38(36(4,5)33-30-27-18-15-12-9-2)37(6,7)34-31-28-19-16-13-10-3/h8-35H2,1-7H3. The molecule has 0 atom stereocenters. The Balaban J connectivity index is 4.46. The van der Waals surface area contributed by atoms with Gasteiger partial charge in [-0.25, -0.2) is 0 Å². The van der Waals surface area contributed by atoms with E-state index in [-0.39, 0.29) is 0 Å². The van der Waals surface area contributed by atoms with Crippen molar-refractivity contribution in [2.24, 2.45) is 0 Å². The molecule has 0 radical (unpaired) electrons. The topological polar surface area (TPSA) is 3.24 Å². The van der Waals surface area contributed by atoms with E-state index in [1.165, 1.54) is 180 Å². The minimum absolute atomic E-state index is 0.313. The second-order valence-corrected chi connectivity index (χ2v) is 14.1. The van der Waals surface area contributed by atoms with Gasteiger partial charge in [0.15, 0.2) is 0 Å². The van der Waals surface area contributed by atoms with Crippen LogP contribution in [0.2, 0.25) is 0 Å². The number of nitrogens with zero attached hydrogens (tertiary/aromatic N) is 1. The Labute approximate surface area is 244 Å². The molecule has 0 rings (SSSR count). The van der Waals surface area contributed by atoms with Gasteiger partial charge in [0.25, 0.3) is 0 Å². The highest BCUT2D eigenvalue weighted by molar-refractivity contribution is 4.92. The van der Waals surface area contributed by atoms with E-state index in [9.17, 15) is 0 Å². The number of unbranched alkanes of at least 4 members (excludes halogenated alkanes) is 22. The lowest BCUT2D eigenvalue weighted by Gasteiger charge is -2.49. The molecule has 1 heteroatoms. The zero-order chi connectivity index (χ0) is 28.4. The highest BCUT2D eigenvalue weighted by atomic mass is 15.2. The molecule has 230 valence electrons. The molecule has 1 nitrogen and oxygen atoms in total. The Bertz CT molecular complexity index is 437. The quantitative estimate of drug-likeness (QED) is 0.0826. The van der Waals surface area contributed by atoms with Crippen LogP contribution in [0.15, 0.2) is 0 Å². The van der Waals surface area contributed by atoms with Crippen LogP contribution in [0.1, 0.15) is 222 Å². The van der Waals surface area contributed by atoms with Gasteiger partial charge < -0.3 is 0 Å². The fraction of sp³-hybridized carbons (Fsp3) is 1.00. The van der Waals surface area contributed by atoms with Crippen molar-refractivity contribution in [2.45, 2.75) is 233 Å². The van der Waals surface area contributed by atoms with Crippen LogP contribution in [-0.2, 0) is 0 Å². The molecule has 0 saturated carbocycles. The number of hydrogen-bond donors (Lipinski definition) is 0. The van der Waals surface area contributed by atoms with E-state index in [1.807, 2.05) is 0 Å². The van der Waals surface area contributed by atoms with Crippen LogP contribution in [0, 0.1) is 0 Å². The van der Waals surface area contributed by atoms with Crippen LogP contribution in [0.3, 0.4) is 0 Å². The fourth-order valence-corrected chi connectivity index (χ4v) is 6.66. The molecule has 0 heterocycles. The van der Waals surface area contributed by atoms with Gasteiger partial charge >= 0.3 is 0 Å². The third kappa shape index (κ3) is 21.7. The summed E-state index contributed by atoms with van der Waals surface area (Å²) >= 11 is 0. The molecule has 0 amide bonds. The third-order valence-corrected chi connectivity index (χ3v) is 9.23. The highest BCUT2D eigenvalue weighted by Crippen LogP contribution is 2.34. The number of hydrogen-bond acceptors (Lipinski definition) is 1. The Kier molecular flexibility index (Phi) is 25.9. The Morgan fingerprint density at radius 2 is 0.553 bits per heavy atom. The molecule has 0 aliphatic heterocycles. The largest absolute Gasteiger partial charge is 0.293 e. The summed E-state index contributed by atoms with van der Waals surface area (Å²) in [5.41, 5.74) is 0.626. The smallest absolute Gasteiger partial charge is 0.0158 e. The van der Waals surface area contributed by atoms with Gasteiger partial charge in [0.1, 0.15) is 0 Å². The van der Waals surface area contributed by atoms with E-state index in [2.05, 4.69) is 53.4 Å². The summed E-state index contributed by atoms with van der Waals surface area (Å²) in [6.07, 6.45) is 38.4. The predicted octanol–water partition coefficient (Wildman–Crippen LogP) is 13.4. The molecule has 0 bridgehead atoms. The van der Waals surface area contributed by atoms with Crippen LogP contribution in [0.5, 0.6) is 0 Å². The van der Waals surface area contributed by atoms with Gasteiger partial charge in [-0.1, -0.05) is 175 Å². The molecule has 0 aliphatic rings. The monoisotopic (exact) mass is 536 g/mol. The lowest BCUT2D eigenvalue weighted by Crippen LogP contribution is -2.55. The molecular formula is C37H77N. The summed E-state index contributed by atoms with van der Waals surface area (Å²) in [5, 5.41) is 0. The van der Waals surface area contributed by atoms with Crippen molar-refractivity contribution in [3.05, 3.63) is 0 Å². The normalized spacial score (nSPS) is 12.6. The van der Waals surface area contributed by atoms with Crippen molar-refractivity contribution in [1.82, 2.24) is 4.90 Å². The minimum atomic E-state index is 0.313. The maximum atomic E-state index is 2.95. The molecule has 38 heavy (non-hydrogen) atoms. The molecular weight excluding hydrogens is 458 g/mol. The summed E-state index contributed by atoms with van der Waals surface area (Å²) in [6.45, 7) is 18.5. The summed E-state index contributed by atoms with van der Waals surface area (Å²) in [6, 6.07) is 0. The van der Waals surface area contributed by atoms with Gasteiger partial charge in [-0.2, -0.15) is 0 Å². The Morgan fingerprint density at radius 1 is 0.316 bits per heavy atom. The minimum Gasteiger partial charge on any atom is -0.293 e. The highest BCUT2D eigenvalue weighted by Gasteiger charge is 2.36. The third-order valence-electron chi connectivity index (χ3n) is 9.23. The van der Waals surface area contributed by atoms with Crippen molar-refractivity contribution in [3.8, 4) is 0 Å². The fourth-order valence-electron chi connectivity index (χ4n) is 6.66. The van der Waals surface area contributed by atoms with E-state index in [0.717, 1.165) is 0 Å². The molecule has 0 aromatic rings. The lowest BCUT2D eigenvalue weighted by molar-refractivity contribution is 0.00151. The van der Waals surface area contributed by atoms with E-state index in [1.54, 1.807) is 0 Å². The molecule has 0 aromatic heterocycles. The second kappa shape index (κ2) is 25.9.